The zero-order chi connectivity index (χ0) is 21.9. The van der Waals surface area contributed by atoms with Crippen LogP contribution >= 0.6 is 0 Å². The van der Waals surface area contributed by atoms with Gasteiger partial charge in [-0.1, -0.05) is 89.3 Å². The number of fused-ring (bicyclic) bond motifs is 1. The first-order valence-corrected chi connectivity index (χ1v) is 12.3. The molecule has 0 saturated heterocycles. The molecule has 0 bridgehead atoms. The van der Waals surface area contributed by atoms with Gasteiger partial charge in [0.1, 0.15) is 11.0 Å². The van der Waals surface area contributed by atoms with Gasteiger partial charge in [-0.05, 0) is 55.2 Å². The summed E-state index contributed by atoms with van der Waals surface area (Å²) in [6.07, 6.45) is 14.5. The normalized spacial score (nSPS) is 12.5. The third-order valence-electron chi connectivity index (χ3n) is 6.00. The SMILES string of the molecule is CCCCCCCCCCCCC(O)Cc1cc(C)cc(-n2nc3ccccc3n2)c1. The molecule has 4 nitrogen and oxygen atoms in total. The van der Waals surface area contributed by atoms with E-state index < -0.39 is 0 Å². The molecule has 168 valence electrons. The summed E-state index contributed by atoms with van der Waals surface area (Å²) in [6.45, 7) is 4.36. The predicted molar refractivity (Wildman–Crippen MR) is 130 cm³/mol. The van der Waals surface area contributed by atoms with Crippen molar-refractivity contribution in [3.8, 4) is 5.69 Å². The minimum absolute atomic E-state index is 0.284. The molecule has 2 aromatic carbocycles. The molecule has 1 aromatic heterocycles. The molecule has 3 aromatic rings. The van der Waals surface area contributed by atoms with E-state index in [4.69, 9.17) is 0 Å². The Morgan fingerprint density at radius 2 is 1.39 bits per heavy atom. The summed E-state index contributed by atoms with van der Waals surface area (Å²) in [5.74, 6) is 0. The zero-order valence-corrected chi connectivity index (χ0v) is 19.4. The Balaban J connectivity index is 1.41. The third kappa shape index (κ3) is 7.77. The number of hydrogen-bond acceptors (Lipinski definition) is 3. The van der Waals surface area contributed by atoms with Crippen molar-refractivity contribution >= 4 is 11.0 Å². The van der Waals surface area contributed by atoms with E-state index in [9.17, 15) is 5.11 Å². The Labute approximate surface area is 187 Å². The molecule has 0 spiro atoms. The number of aryl methyl sites for hydroxylation is 1. The van der Waals surface area contributed by atoms with E-state index in [1.807, 2.05) is 24.3 Å². The van der Waals surface area contributed by atoms with Crippen LogP contribution in [0.5, 0.6) is 0 Å². The minimum Gasteiger partial charge on any atom is -0.393 e. The zero-order valence-electron chi connectivity index (χ0n) is 19.4. The summed E-state index contributed by atoms with van der Waals surface area (Å²) in [6, 6.07) is 14.3. The van der Waals surface area contributed by atoms with Crippen LogP contribution in [0, 0.1) is 6.92 Å². The first-order valence-electron chi connectivity index (χ1n) is 12.3. The maximum absolute atomic E-state index is 10.6. The number of benzene rings is 2. The molecule has 4 heteroatoms. The number of aliphatic hydroxyl groups excluding tert-OH is 1. The summed E-state index contributed by atoms with van der Waals surface area (Å²) >= 11 is 0. The Morgan fingerprint density at radius 3 is 2.00 bits per heavy atom. The Bertz CT molecular complexity index is 885. The summed E-state index contributed by atoms with van der Waals surface area (Å²) in [7, 11) is 0. The molecule has 0 aliphatic heterocycles. The number of rotatable bonds is 14. The van der Waals surface area contributed by atoms with E-state index in [-0.39, 0.29) is 6.10 Å². The monoisotopic (exact) mass is 421 g/mol. The molecule has 0 fully saturated rings. The Morgan fingerprint density at radius 1 is 0.806 bits per heavy atom. The van der Waals surface area contributed by atoms with E-state index in [0.29, 0.717) is 6.42 Å². The van der Waals surface area contributed by atoms with Crippen LogP contribution < -0.4 is 0 Å². The van der Waals surface area contributed by atoms with Crippen LogP contribution in [0.25, 0.3) is 16.7 Å². The fourth-order valence-corrected chi connectivity index (χ4v) is 4.29. The van der Waals surface area contributed by atoms with Crippen molar-refractivity contribution in [3.63, 3.8) is 0 Å². The largest absolute Gasteiger partial charge is 0.393 e. The standard InChI is InChI=1S/C27H39N3O/c1-3-4-5-6-7-8-9-10-11-12-15-25(31)21-23-18-22(2)19-24(20-23)30-28-26-16-13-14-17-27(26)29-30/h13-14,16-20,25,31H,3-12,15,21H2,1-2H3. The van der Waals surface area contributed by atoms with Crippen LogP contribution in [-0.2, 0) is 6.42 Å². The van der Waals surface area contributed by atoms with Crippen LogP contribution in [-0.4, -0.2) is 26.2 Å². The number of aromatic nitrogens is 3. The lowest BCUT2D eigenvalue weighted by Crippen LogP contribution is -2.11. The smallest absolute Gasteiger partial charge is 0.113 e. The number of unbranched alkanes of at least 4 members (excludes halogenated alkanes) is 9. The van der Waals surface area contributed by atoms with Gasteiger partial charge in [0.15, 0.2) is 0 Å². The maximum atomic E-state index is 10.6. The molecule has 3 rings (SSSR count). The highest BCUT2D eigenvalue weighted by molar-refractivity contribution is 5.73. The second kappa shape index (κ2) is 12.6. The van der Waals surface area contributed by atoms with Gasteiger partial charge in [-0.25, -0.2) is 0 Å². The second-order valence-electron chi connectivity index (χ2n) is 8.98. The Kier molecular flexibility index (Phi) is 9.54. The molecule has 31 heavy (non-hydrogen) atoms. The molecule has 1 heterocycles. The first-order chi connectivity index (χ1) is 15.2. The lowest BCUT2D eigenvalue weighted by atomic mass is 10.00. The van der Waals surface area contributed by atoms with Crippen molar-refractivity contribution in [2.45, 2.75) is 97.0 Å². The molecular formula is C27H39N3O. The first kappa shape index (κ1) is 23.5. The molecule has 1 atom stereocenters. The van der Waals surface area contributed by atoms with Crippen LogP contribution in [0.15, 0.2) is 42.5 Å². The lowest BCUT2D eigenvalue weighted by Gasteiger charge is -2.12. The number of aliphatic hydroxyl groups is 1. The van der Waals surface area contributed by atoms with Gasteiger partial charge in [-0.2, -0.15) is 4.80 Å². The van der Waals surface area contributed by atoms with Crippen molar-refractivity contribution in [3.05, 3.63) is 53.6 Å². The van der Waals surface area contributed by atoms with E-state index in [1.165, 1.54) is 63.4 Å². The van der Waals surface area contributed by atoms with Crippen molar-refractivity contribution in [2.75, 3.05) is 0 Å². The fourth-order valence-electron chi connectivity index (χ4n) is 4.29. The second-order valence-corrected chi connectivity index (χ2v) is 8.98. The van der Waals surface area contributed by atoms with Gasteiger partial charge >= 0.3 is 0 Å². The molecular weight excluding hydrogens is 382 g/mol. The molecule has 1 unspecified atom stereocenters. The lowest BCUT2D eigenvalue weighted by molar-refractivity contribution is 0.161. The van der Waals surface area contributed by atoms with E-state index in [1.54, 1.807) is 4.80 Å². The molecule has 1 N–H and O–H groups in total. The van der Waals surface area contributed by atoms with Gasteiger partial charge in [0.2, 0.25) is 0 Å². The van der Waals surface area contributed by atoms with Crippen LogP contribution in [0.1, 0.15) is 88.7 Å². The van der Waals surface area contributed by atoms with Gasteiger partial charge < -0.3 is 5.11 Å². The van der Waals surface area contributed by atoms with Crippen LogP contribution in [0.2, 0.25) is 0 Å². The molecule has 0 aliphatic carbocycles. The van der Waals surface area contributed by atoms with Gasteiger partial charge in [0.05, 0.1) is 11.8 Å². The fraction of sp³-hybridized carbons (Fsp3) is 0.556. The highest BCUT2D eigenvalue weighted by Gasteiger charge is 2.10. The third-order valence-corrected chi connectivity index (χ3v) is 6.00. The van der Waals surface area contributed by atoms with Crippen molar-refractivity contribution in [1.82, 2.24) is 15.0 Å². The minimum atomic E-state index is -0.284. The average molecular weight is 422 g/mol. The quantitative estimate of drug-likeness (QED) is 0.287. The van der Waals surface area contributed by atoms with Gasteiger partial charge in [-0.15, -0.1) is 10.2 Å². The molecule has 0 amide bonds. The van der Waals surface area contributed by atoms with Gasteiger partial charge in [-0.3, -0.25) is 0 Å². The Hall–Kier alpha value is -2.20. The van der Waals surface area contributed by atoms with Gasteiger partial charge in [0.25, 0.3) is 0 Å². The van der Waals surface area contributed by atoms with E-state index in [2.05, 4.69) is 42.2 Å². The highest BCUT2D eigenvalue weighted by atomic mass is 16.3. The maximum Gasteiger partial charge on any atom is 0.113 e. The van der Waals surface area contributed by atoms with Gasteiger partial charge in [0, 0.05) is 0 Å². The van der Waals surface area contributed by atoms with Crippen LogP contribution in [0.4, 0.5) is 0 Å². The molecule has 0 saturated carbocycles. The van der Waals surface area contributed by atoms with Crippen molar-refractivity contribution < 1.29 is 5.11 Å². The summed E-state index contributed by atoms with van der Waals surface area (Å²) in [5, 5.41) is 19.7. The topological polar surface area (TPSA) is 50.9 Å². The van der Waals surface area contributed by atoms with Crippen LogP contribution in [0.3, 0.4) is 0 Å². The van der Waals surface area contributed by atoms with Crippen molar-refractivity contribution in [2.24, 2.45) is 0 Å². The number of nitrogens with zero attached hydrogens (tertiary/aromatic N) is 3. The molecule has 0 radical (unpaired) electrons. The average Bonchev–Trinajstić information content (AvgIpc) is 3.19. The predicted octanol–water partition coefficient (Wildman–Crippen LogP) is 6.94. The van der Waals surface area contributed by atoms with Crippen molar-refractivity contribution in [1.29, 1.82) is 0 Å². The highest BCUT2D eigenvalue weighted by Crippen LogP contribution is 2.19. The molecule has 0 aliphatic rings. The summed E-state index contributed by atoms with van der Waals surface area (Å²) in [4.78, 5) is 1.70. The van der Waals surface area contributed by atoms with E-state index in [0.717, 1.165) is 35.1 Å². The van der Waals surface area contributed by atoms with E-state index >= 15 is 0 Å². The summed E-state index contributed by atoms with van der Waals surface area (Å²) < 4.78 is 0. The summed E-state index contributed by atoms with van der Waals surface area (Å²) in [5.41, 5.74) is 5.06. The number of hydrogen-bond donors (Lipinski definition) is 1.